The van der Waals surface area contributed by atoms with Gasteiger partial charge >= 0.3 is 0 Å². The summed E-state index contributed by atoms with van der Waals surface area (Å²) in [5, 5.41) is 4.33. The number of hydrogen-bond donors (Lipinski definition) is 1. The van der Waals surface area contributed by atoms with Crippen LogP contribution >= 0.6 is 11.6 Å². The molecule has 0 bridgehead atoms. The molecule has 0 unspecified atom stereocenters. The molecule has 3 aromatic rings. The predicted octanol–water partition coefficient (Wildman–Crippen LogP) is 4.03. The van der Waals surface area contributed by atoms with Crippen LogP contribution in [0.1, 0.15) is 16.8 Å². The molecule has 0 amide bonds. The van der Waals surface area contributed by atoms with Crippen LogP contribution < -0.4 is 10.5 Å². The highest BCUT2D eigenvalue weighted by Crippen LogP contribution is 2.20. The molecule has 1 aromatic heterocycles. The Morgan fingerprint density at radius 2 is 2.12 bits per heavy atom. The van der Waals surface area contributed by atoms with E-state index < -0.39 is 5.82 Å². The average Bonchev–Trinajstić information content (AvgIpc) is 2.92. The van der Waals surface area contributed by atoms with Crippen molar-refractivity contribution < 1.29 is 9.13 Å². The lowest BCUT2D eigenvalue weighted by Crippen LogP contribution is -2.00. The van der Waals surface area contributed by atoms with Crippen LogP contribution in [0.15, 0.2) is 53.8 Å². The molecule has 0 saturated heterocycles. The monoisotopic (exact) mass is 358 g/mol. The van der Waals surface area contributed by atoms with E-state index in [0.717, 1.165) is 11.3 Å². The summed E-state index contributed by atoms with van der Waals surface area (Å²) in [6.45, 7) is 1.92. The fourth-order valence-electron chi connectivity index (χ4n) is 2.23. The second-order valence-electron chi connectivity index (χ2n) is 5.40. The molecule has 5 nitrogen and oxygen atoms in total. The summed E-state index contributed by atoms with van der Waals surface area (Å²) in [5.74, 6) is 0.448. The van der Waals surface area contributed by atoms with Crippen molar-refractivity contribution >= 4 is 23.8 Å². The molecule has 1 heterocycles. The topological polar surface area (TPSA) is 65.4 Å². The van der Waals surface area contributed by atoms with Crippen LogP contribution in [0.2, 0.25) is 5.02 Å². The molecular weight excluding hydrogens is 343 g/mol. The summed E-state index contributed by atoms with van der Waals surface area (Å²) < 4.78 is 21.0. The van der Waals surface area contributed by atoms with Gasteiger partial charge < -0.3 is 10.5 Å². The zero-order chi connectivity index (χ0) is 17.8. The molecule has 3 rings (SSSR count). The van der Waals surface area contributed by atoms with Gasteiger partial charge in [-0.05, 0) is 30.7 Å². The third-order valence-electron chi connectivity index (χ3n) is 3.45. The summed E-state index contributed by atoms with van der Waals surface area (Å²) >= 11 is 5.77. The number of imidazole rings is 1. The maximum atomic E-state index is 13.9. The molecule has 25 heavy (non-hydrogen) atoms. The van der Waals surface area contributed by atoms with Gasteiger partial charge in [0.2, 0.25) is 5.95 Å². The van der Waals surface area contributed by atoms with Crippen LogP contribution in [0.5, 0.6) is 5.75 Å². The first-order chi connectivity index (χ1) is 12.0. The smallest absolute Gasteiger partial charge is 0.221 e. The van der Waals surface area contributed by atoms with E-state index in [9.17, 15) is 4.39 Å². The standard InChI is InChI=1S/C18H16ClFN4O/c1-12-10-24(18(21)23-12)22-9-13-4-2-6-15(8-13)25-11-14-5-3-7-16(19)17(14)20/h2-10H,11H2,1H3,(H2,21,23). The second-order valence-corrected chi connectivity index (χ2v) is 5.81. The summed E-state index contributed by atoms with van der Waals surface area (Å²) in [7, 11) is 0. The molecule has 0 aliphatic heterocycles. The number of nitrogen functional groups attached to an aromatic ring is 1. The average molecular weight is 359 g/mol. The Balaban J connectivity index is 1.71. The SMILES string of the molecule is Cc1cn(N=Cc2cccc(OCc3cccc(Cl)c3F)c2)c(N)n1. The van der Waals surface area contributed by atoms with E-state index in [4.69, 9.17) is 22.1 Å². The lowest BCUT2D eigenvalue weighted by Gasteiger charge is -2.08. The van der Waals surface area contributed by atoms with E-state index in [-0.39, 0.29) is 11.6 Å². The van der Waals surface area contributed by atoms with Crippen LogP contribution in [-0.4, -0.2) is 15.9 Å². The maximum Gasteiger partial charge on any atom is 0.221 e. The molecule has 0 aliphatic carbocycles. The van der Waals surface area contributed by atoms with Crippen molar-refractivity contribution in [1.29, 1.82) is 0 Å². The van der Waals surface area contributed by atoms with Crippen LogP contribution in [-0.2, 0) is 6.61 Å². The van der Waals surface area contributed by atoms with Gasteiger partial charge in [0.25, 0.3) is 0 Å². The minimum Gasteiger partial charge on any atom is -0.489 e. The summed E-state index contributed by atoms with van der Waals surface area (Å²) in [4.78, 5) is 4.08. The van der Waals surface area contributed by atoms with Gasteiger partial charge in [-0.25, -0.2) is 14.1 Å². The maximum absolute atomic E-state index is 13.9. The van der Waals surface area contributed by atoms with Gasteiger partial charge in [-0.3, -0.25) is 0 Å². The Labute approximate surface area is 149 Å². The number of aryl methyl sites for hydroxylation is 1. The van der Waals surface area contributed by atoms with Gasteiger partial charge in [-0.2, -0.15) is 5.10 Å². The van der Waals surface area contributed by atoms with Crippen LogP contribution in [0.3, 0.4) is 0 Å². The van der Waals surface area contributed by atoms with E-state index in [0.29, 0.717) is 17.3 Å². The van der Waals surface area contributed by atoms with Gasteiger partial charge in [0.1, 0.15) is 18.2 Å². The van der Waals surface area contributed by atoms with Gasteiger partial charge in [-0.15, -0.1) is 0 Å². The highest BCUT2D eigenvalue weighted by Gasteiger charge is 2.07. The number of anilines is 1. The zero-order valence-electron chi connectivity index (χ0n) is 13.5. The fourth-order valence-corrected chi connectivity index (χ4v) is 2.43. The Morgan fingerprint density at radius 3 is 2.88 bits per heavy atom. The molecule has 0 aliphatic rings. The van der Waals surface area contributed by atoms with Crippen molar-refractivity contribution in [3.63, 3.8) is 0 Å². The Morgan fingerprint density at radius 1 is 1.32 bits per heavy atom. The molecule has 0 fully saturated rings. The molecule has 2 N–H and O–H groups in total. The first kappa shape index (κ1) is 17.0. The molecule has 0 spiro atoms. The number of aromatic nitrogens is 2. The van der Waals surface area contributed by atoms with Gasteiger partial charge in [0.05, 0.1) is 23.1 Å². The highest BCUT2D eigenvalue weighted by molar-refractivity contribution is 6.30. The Bertz CT molecular complexity index is 923. The summed E-state index contributed by atoms with van der Waals surface area (Å²) in [6, 6.07) is 12.1. The molecule has 128 valence electrons. The minimum atomic E-state index is -0.465. The quantitative estimate of drug-likeness (QED) is 0.700. The van der Waals surface area contributed by atoms with E-state index in [1.54, 1.807) is 36.7 Å². The molecule has 7 heteroatoms. The first-order valence-electron chi connectivity index (χ1n) is 7.54. The number of halogens is 2. The number of rotatable bonds is 5. The van der Waals surface area contributed by atoms with Crippen LogP contribution in [0, 0.1) is 12.7 Å². The molecule has 0 atom stereocenters. The van der Waals surface area contributed by atoms with E-state index in [1.165, 1.54) is 10.7 Å². The molecule has 2 aromatic carbocycles. The van der Waals surface area contributed by atoms with Crippen molar-refractivity contribution in [3.05, 3.63) is 76.3 Å². The Hall–Kier alpha value is -2.86. The van der Waals surface area contributed by atoms with Gasteiger partial charge in [-0.1, -0.05) is 35.9 Å². The van der Waals surface area contributed by atoms with Crippen LogP contribution in [0.4, 0.5) is 10.3 Å². The van der Waals surface area contributed by atoms with Crippen molar-refractivity contribution in [1.82, 2.24) is 9.66 Å². The second kappa shape index (κ2) is 7.36. The number of benzene rings is 2. The third-order valence-corrected chi connectivity index (χ3v) is 3.74. The van der Waals surface area contributed by atoms with E-state index >= 15 is 0 Å². The number of nitrogens with two attached hydrogens (primary N) is 1. The largest absolute Gasteiger partial charge is 0.489 e. The van der Waals surface area contributed by atoms with E-state index in [2.05, 4.69) is 10.1 Å². The van der Waals surface area contributed by atoms with Gasteiger partial charge in [0, 0.05) is 5.56 Å². The summed E-state index contributed by atoms with van der Waals surface area (Å²) in [6.07, 6.45) is 3.37. The third kappa shape index (κ3) is 4.16. The first-order valence-corrected chi connectivity index (χ1v) is 7.92. The van der Waals surface area contributed by atoms with Crippen LogP contribution in [0.25, 0.3) is 0 Å². The van der Waals surface area contributed by atoms with Crippen molar-refractivity contribution in [2.45, 2.75) is 13.5 Å². The zero-order valence-corrected chi connectivity index (χ0v) is 14.2. The van der Waals surface area contributed by atoms with Crippen molar-refractivity contribution in [2.24, 2.45) is 5.10 Å². The molecular formula is C18H16ClFN4O. The van der Waals surface area contributed by atoms with Crippen molar-refractivity contribution in [2.75, 3.05) is 5.73 Å². The molecule has 0 radical (unpaired) electrons. The summed E-state index contributed by atoms with van der Waals surface area (Å²) in [5.41, 5.74) is 7.74. The van der Waals surface area contributed by atoms with Crippen molar-refractivity contribution in [3.8, 4) is 5.75 Å². The normalized spacial score (nSPS) is 11.2. The minimum absolute atomic E-state index is 0.0789. The number of hydrogen-bond acceptors (Lipinski definition) is 4. The Kier molecular flexibility index (Phi) is 5.00. The highest BCUT2D eigenvalue weighted by atomic mass is 35.5. The number of ether oxygens (including phenoxy) is 1. The van der Waals surface area contributed by atoms with E-state index in [1.807, 2.05) is 19.1 Å². The number of nitrogens with zero attached hydrogens (tertiary/aromatic N) is 3. The lowest BCUT2D eigenvalue weighted by molar-refractivity contribution is 0.300. The fraction of sp³-hybridized carbons (Fsp3) is 0.111. The molecule has 0 saturated carbocycles. The lowest BCUT2D eigenvalue weighted by atomic mass is 10.2. The van der Waals surface area contributed by atoms with Gasteiger partial charge in [0.15, 0.2) is 0 Å². The predicted molar refractivity (Wildman–Crippen MR) is 96.6 cm³/mol.